The van der Waals surface area contributed by atoms with Crippen LogP contribution in [0.5, 0.6) is 0 Å². The first-order chi connectivity index (χ1) is 9.04. The van der Waals surface area contributed by atoms with Crippen LogP contribution in [0.2, 0.25) is 0 Å². The zero-order chi connectivity index (χ0) is 14.0. The van der Waals surface area contributed by atoms with Gasteiger partial charge in [-0.15, -0.1) is 0 Å². The van der Waals surface area contributed by atoms with Crippen LogP contribution in [0, 0.1) is 17.8 Å². The van der Waals surface area contributed by atoms with Crippen molar-refractivity contribution in [2.75, 3.05) is 19.8 Å². The number of carbonyl (C=O) groups is 2. The van der Waals surface area contributed by atoms with Crippen LogP contribution in [-0.4, -0.2) is 47.7 Å². The summed E-state index contributed by atoms with van der Waals surface area (Å²) in [5.41, 5.74) is 0. The van der Waals surface area contributed by atoms with Crippen molar-refractivity contribution in [2.24, 2.45) is 17.8 Å². The third kappa shape index (κ3) is 2.91. The van der Waals surface area contributed by atoms with Crippen LogP contribution in [0.1, 0.15) is 33.1 Å². The highest BCUT2D eigenvalue weighted by atomic mass is 16.5. The monoisotopic (exact) mass is 269 g/mol. The molecule has 0 aromatic rings. The van der Waals surface area contributed by atoms with Crippen LogP contribution in [0.15, 0.2) is 0 Å². The molecule has 1 saturated carbocycles. The number of ether oxygens (including phenoxy) is 1. The first kappa shape index (κ1) is 14.3. The number of carboxylic acid groups (broad SMARTS) is 1. The Bertz CT molecular complexity index is 357. The summed E-state index contributed by atoms with van der Waals surface area (Å²) in [5.74, 6) is -1.30. The van der Waals surface area contributed by atoms with E-state index in [1.54, 1.807) is 0 Å². The second-order valence-electron chi connectivity index (χ2n) is 5.75. The van der Waals surface area contributed by atoms with Gasteiger partial charge in [0.15, 0.2) is 0 Å². The maximum atomic E-state index is 12.6. The Balaban J connectivity index is 2.09. The molecule has 1 N–H and O–H groups in total. The zero-order valence-corrected chi connectivity index (χ0v) is 11.7. The van der Waals surface area contributed by atoms with Crippen LogP contribution < -0.4 is 0 Å². The Kier molecular flexibility index (Phi) is 4.45. The largest absolute Gasteiger partial charge is 0.481 e. The van der Waals surface area contributed by atoms with Crippen molar-refractivity contribution < 1.29 is 19.4 Å². The number of hydrogen-bond donors (Lipinski definition) is 1. The van der Waals surface area contributed by atoms with E-state index in [4.69, 9.17) is 4.74 Å². The Morgan fingerprint density at radius 1 is 1.32 bits per heavy atom. The van der Waals surface area contributed by atoms with E-state index >= 15 is 0 Å². The molecule has 108 valence electrons. The molecule has 5 heteroatoms. The van der Waals surface area contributed by atoms with Crippen LogP contribution >= 0.6 is 0 Å². The molecular formula is C14H23NO4. The minimum absolute atomic E-state index is 0.0131. The van der Waals surface area contributed by atoms with E-state index in [9.17, 15) is 14.7 Å². The lowest BCUT2D eigenvalue weighted by atomic mass is 9.94. The van der Waals surface area contributed by atoms with Gasteiger partial charge in [0.1, 0.15) is 0 Å². The average molecular weight is 269 g/mol. The third-order valence-electron chi connectivity index (χ3n) is 4.52. The van der Waals surface area contributed by atoms with E-state index in [1.807, 2.05) is 11.8 Å². The second-order valence-corrected chi connectivity index (χ2v) is 5.75. The van der Waals surface area contributed by atoms with Gasteiger partial charge in [-0.25, -0.2) is 0 Å². The summed E-state index contributed by atoms with van der Waals surface area (Å²) >= 11 is 0. The number of morpholine rings is 1. The Morgan fingerprint density at radius 2 is 2.00 bits per heavy atom. The van der Waals surface area contributed by atoms with Crippen LogP contribution in [0.3, 0.4) is 0 Å². The molecular weight excluding hydrogens is 246 g/mol. The molecule has 4 unspecified atom stereocenters. The van der Waals surface area contributed by atoms with Gasteiger partial charge in [-0.2, -0.15) is 0 Å². The van der Waals surface area contributed by atoms with Crippen molar-refractivity contribution in [3.63, 3.8) is 0 Å². The standard InChI is InChI=1S/C14H23NO4/c1-3-10-6-11(12(7-10)14(17)18)13(16)15-4-5-19-8-9(15)2/h9-12H,3-8H2,1-2H3,(H,17,18). The molecule has 5 nitrogen and oxygen atoms in total. The zero-order valence-electron chi connectivity index (χ0n) is 11.7. The van der Waals surface area contributed by atoms with Gasteiger partial charge < -0.3 is 14.7 Å². The molecule has 1 amide bonds. The van der Waals surface area contributed by atoms with Crippen LogP contribution in [0.25, 0.3) is 0 Å². The van der Waals surface area contributed by atoms with Crippen molar-refractivity contribution >= 4 is 11.9 Å². The molecule has 0 spiro atoms. The first-order valence-corrected chi connectivity index (χ1v) is 7.15. The Hall–Kier alpha value is -1.10. The fourth-order valence-electron chi connectivity index (χ4n) is 3.29. The minimum Gasteiger partial charge on any atom is -0.481 e. The summed E-state index contributed by atoms with van der Waals surface area (Å²) in [6.07, 6.45) is 2.31. The van der Waals surface area contributed by atoms with Gasteiger partial charge in [-0.1, -0.05) is 13.3 Å². The van der Waals surface area contributed by atoms with Crippen molar-refractivity contribution in [3.8, 4) is 0 Å². The Morgan fingerprint density at radius 3 is 2.58 bits per heavy atom. The lowest BCUT2D eigenvalue weighted by Gasteiger charge is -2.35. The summed E-state index contributed by atoms with van der Waals surface area (Å²) in [5, 5.41) is 9.31. The fraction of sp³-hybridized carbons (Fsp3) is 0.857. The highest BCUT2D eigenvalue weighted by Crippen LogP contribution is 2.39. The lowest BCUT2D eigenvalue weighted by molar-refractivity contribution is -0.152. The average Bonchev–Trinajstić information content (AvgIpc) is 2.83. The van der Waals surface area contributed by atoms with Crippen molar-refractivity contribution in [2.45, 2.75) is 39.2 Å². The van der Waals surface area contributed by atoms with Gasteiger partial charge in [-0.05, 0) is 25.7 Å². The molecule has 0 aromatic carbocycles. The van der Waals surface area contributed by atoms with Gasteiger partial charge in [0, 0.05) is 6.54 Å². The number of amides is 1. The number of aliphatic carboxylic acids is 1. The van der Waals surface area contributed by atoms with Gasteiger partial charge in [0.25, 0.3) is 0 Å². The van der Waals surface area contributed by atoms with Gasteiger partial charge in [-0.3, -0.25) is 9.59 Å². The molecule has 1 heterocycles. The molecule has 19 heavy (non-hydrogen) atoms. The van der Waals surface area contributed by atoms with E-state index in [0.717, 1.165) is 12.8 Å². The summed E-state index contributed by atoms with van der Waals surface area (Å²) in [6.45, 7) is 5.71. The van der Waals surface area contributed by atoms with Gasteiger partial charge >= 0.3 is 5.97 Å². The maximum absolute atomic E-state index is 12.6. The molecule has 4 atom stereocenters. The predicted octanol–water partition coefficient (Wildman–Crippen LogP) is 1.37. The van der Waals surface area contributed by atoms with E-state index < -0.39 is 11.9 Å². The summed E-state index contributed by atoms with van der Waals surface area (Å²) < 4.78 is 5.33. The number of rotatable bonds is 3. The number of nitrogens with zero attached hydrogens (tertiary/aromatic N) is 1. The molecule has 2 fully saturated rings. The molecule has 1 saturated heterocycles. The molecule has 0 aromatic heterocycles. The van der Waals surface area contributed by atoms with E-state index in [0.29, 0.717) is 32.1 Å². The second kappa shape index (κ2) is 5.90. The van der Waals surface area contributed by atoms with Crippen molar-refractivity contribution in [3.05, 3.63) is 0 Å². The predicted molar refractivity (Wildman–Crippen MR) is 69.6 cm³/mol. The normalized spacial score (nSPS) is 35.4. The lowest BCUT2D eigenvalue weighted by Crippen LogP contribution is -2.50. The quantitative estimate of drug-likeness (QED) is 0.840. The van der Waals surface area contributed by atoms with E-state index in [2.05, 4.69) is 6.92 Å². The highest BCUT2D eigenvalue weighted by molar-refractivity contribution is 5.85. The molecule has 1 aliphatic carbocycles. The molecule has 2 rings (SSSR count). The molecule has 1 aliphatic heterocycles. The fourth-order valence-corrected chi connectivity index (χ4v) is 3.29. The summed E-state index contributed by atoms with van der Waals surface area (Å²) in [6, 6.07) is 0.0522. The van der Waals surface area contributed by atoms with Gasteiger partial charge in [0.05, 0.1) is 31.1 Å². The van der Waals surface area contributed by atoms with Crippen LogP contribution in [-0.2, 0) is 14.3 Å². The topological polar surface area (TPSA) is 66.8 Å². The van der Waals surface area contributed by atoms with Crippen molar-refractivity contribution in [1.82, 2.24) is 4.90 Å². The van der Waals surface area contributed by atoms with E-state index in [-0.39, 0.29) is 17.9 Å². The van der Waals surface area contributed by atoms with Crippen molar-refractivity contribution in [1.29, 1.82) is 0 Å². The highest BCUT2D eigenvalue weighted by Gasteiger charge is 2.44. The van der Waals surface area contributed by atoms with Gasteiger partial charge in [0.2, 0.25) is 5.91 Å². The minimum atomic E-state index is -0.824. The molecule has 2 aliphatic rings. The third-order valence-corrected chi connectivity index (χ3v) is 4.52. The number of carboxylic acids is 1. The number of hydrogen-bond acceptors (Lipinski definition) is 3. The SMILES string of the molecule is CCC1CC(C(=O)O)C(C(=O)N2CCOCC2C)C1. The molecule has 0 bridgehead atoms. The number of carbonyl (C=O) groups excluding carboxylic acids is 1. The first-order valence-electron chi connectivity index (χ1n) is 7.15. The maximum Gasteiger partial charge on any atom is 0.307 e. The van der Waals surface area contributed by atoms with Crippen LogP contribution in [0.4, 0.5) is 0 Å². The Labute approximate surface area is 113 Å². The van der Waals surface area contributed by atoms with E-state index in [1.165, 1.54) is 0 Å². The summed E-state index contributed by atoms with van der Waals surface area (Å²) in [4.78, 5) is 25.7. The molecule has 0 radical (unpaired) electrons. The smallest absolute Gasteiger partial charge is 0.307 e. The summed E-state index contributed by atoms with van der Waals surface area (Å²) in [7, 11) is 0.